The van der Waals surface area contributed by atoms with Crippen LogP contribution in [0.5, 0.6) is 0 Å². The minimum atomic E-state index is -0.318. The molecule has 0 radical (unpaired) electrons. The standard InChI is InChI=1S/C29H36N8O2/c1-19-14-20(15-26(31-19)21-17-30-35(3)18-21)28(39)33-29-32-25-9-6-23(36-12-10-34(2)11-13-36)16-27(25)37(29)22-4-7-24(38)8-5-22/h6,9,14-18,22,24,38H,4-5,7-8,10-13H2,1-3H3,(H,32,33,39)/t22-,24+. The van der Waals surface area contributed by atoms with Crippen LogP contribution in [0, 0.1) is 6.92 Å². The van der Waals surface area contributed by atoms with Gasteiger partial charge in [-0.1, -0.05) is 0 Å². The van der Waals surface area contributed by atoms with Gasteiger partial charge in [0.15, 0.2) is 0 Å². The Morgan fingerprint density at radius 2 is 1.82 bits per heavy atom. The van der Waals surface area contributed by atoms with Gasteiger partial charge in [-0.25, -0.2) is 0 Å². The van der Waals surface area contributed by atoms with Gasteiger partial charge < -0.3 is 24.5 Å². The summed E-state index contributed by atoms with van der Waals surface area (Å²) in [6, 6.07) is 10.2. The molecule has 1 saturated heterocycles. The third-order valence-electron chi connectivity index (χ3n) is 8.02. The molecule has 1 amide bonds. The number of aliphatic hydroxyl groups excluding tert-OH is 1. The van der Waals surface area contributed by atoms with Crippen LogP contribution < -0.4 is 10.5 Å². The van der Waals surface area contributed by atoms with Crippen molar-refractivity contribution in [1.29, 1.82) is 0 Å². The number of aromatic nitrogens is 5. The summed E-state index contributed by atoms with van der Waals surface area (Å²) >= 11 is 0. The predicted molar refractivity (Wildman–Crippen MR) is 151 cm³/mol. The van der Waals surface area contributed by atoms with Crippen LogP contribution in [0.1, 0.15) is 47.8 Å². The summed E-state index contributed by atoms with van der Waals surface area (Å²) in [6.45, 7) is 5.92. The molecule has 2 N–H and O–H groups in total. The number of hydrogen-bond donors (Lipinski definition) is 2. The van der Waals surface area contributed by atoms with E-state index >= 15 is 0 Å². The lowest BCUT2D eigenvalue weighted by molar-refractivity contribution is 0.0990. The summed E-state index contributed by atoms with van der Waals surface area (Å²) in [4.78, 5) is 31.0. The van der Waals surface area contributed by atoms with Crippen molar-refractivity contribution in [2.45, 2.75) is 44.8 Å². The van der Waals surface area contributed by atoms with E-state index in [9.17, 15) is 9.90 Å². The first-order valence-corrected chi connectivity index (χ1v) is 13.8. The smallest absolute Gasteiger partial charge is 0.280 e. The fraction of sp³-hybridized carbons (Fsp3) is 0.448. The first-order chi connectivity index (χ1) is 18.8. The largest absolute Gasteiger partial charge is 0.393 e. The first kappa shape index (κ1) is 25.5. The van der Waals surface area contributed by atoms with Crippen molar-refractivity contribution in [2.75, 3.05) is 38.1 Å². The third-order valence-corrected chi connectivity index (χ3v) is 8.02. The van der Waals surface area contributed by atoms with Gasteiger partial charge in [-0.05, 0) is 70.0 Å². The molecule has 0 unspecified atom stereocenters. The lowest BCUT2D eigenvalue weighted by Gasteiger charge is -2.34. The molecule has 204 valence electrons. The molecule has 10 heteroatoms. The molecule has 0 atom stereocenters. The van der Waals surface area contributed by atoms with E-state index in [4.69, 9.17) is 0 Å². The predicted octanol–water partition coefficient (Wildman–Crippen LogP) is 3.04. The number of anilines is 1. The van der Waals surface area contributed by atoms with Crippen molar-refractivity contribution in [2.24, 2.45) is 12.0 Å². The van der Waals surface area contributed by atoms with E-state index < -0.39 is 0 Å². The molecule has 2 fully saturated rings. The number of aliphatic hydroxyl groups is 1. The Balaban J connectivity index is 1.42. The number of aromatic amines is 1. The number of benzene rings is 1. The van der Waals surface area contributed by atoms with Crippen molar-refractivity contribution in [3.8, 4) is 11.3 Å². The molecule has 4 aromatic rings. The summed E-state index contributed by atoms with van der Waals surface area (Å²) in [5.74, 6) is -0.318. The van der Waals surface area contributed by atoms with Gasteiger partial charge in [-0.15, -0.1) is 0 Å². The number of nitrogens with zero attached hydrogens (tertiary/aromatic N) is 7. The number of aryl methyl sites for hydroxylation is 2. The number of carbonyl (C=O) groups is 1. The molecule has 1 aliphatic heterocycles. The maximum atomic E-state index is 13.6. The van der Waals surface area contributed by atoms with Gasteiger partial charge in [0.2, 0.25) is 5.62 Å². The SMILES string of the molecule is Cc1cc(C(=O)/N=c2\[nH]c3ccc(N4CCN(C)CC4)cc3n2[C@H]2CC[C@@H](O)CC2)cc(-c2cnn(C)c2)n1. The molecule has 1 aliphatic carbocycles. The normalized spacial score (nSPS) is 21.1. The van der Waals surface area contributed by atoms with Crippen LogP contribution in [0.4, 0.5) is 5.69 Å². The van der Waals surface area contributed by atoms with E-state index in [2.05, 4.69) is 59.7 Å². The maximum Gasteiger partial charge on any atom is 0.280 e. The Hall–Kier alpha value is -3.76. The zero-order valence-electron chi connectivity index (χ0n) is 22.8. The molecule has 10 nitrogen and oxygen atoms in total. The Morgan fingerprint density at radius 1 is 1.05 bits per heavy atom. The Labute approximate surface area is 227 Å². The lowest BCUT2D eigenvalue weighted by Crippen LogP contribution is -2.44. The summed E-state index contributed by atoms with van der Waals surface area (Å²) in [5.41, 5.74) is 6.51. The molecule has 39 heavy (non-hydrogen) atoms. The minimum absolute atomic E-state index is 0.154. The number of imidazole rings is 1. The highest BCUT2D eigenvalue weighted by atomic mass is 16.3. The number of H-pyrrole nitrogens is 1. The third kappa shape index (κ3) is 5.26. The van der Waals surface area contributed by atoms with Crippen LogP contribution >= 0.6 is 0 Å². The molecular formula is C29H36N8O2. The van der Waals surface area contributed by atoms with Crippen LogP contribution in [0.15, 0.2) is 47.7 Å². The number of amides is 1. The number of fused-ring (bicyclic) bond motifs is 1. The summed E-state index contributed by atoms with van der Waals surface area (Å²) < 4.78 is 3.91. The number of nitrogens with one attached hydrogen (secondary N) is 1. The van der Waals surface area contributed by atoms with Crippen molar-refractivity contribution in [1.82, 2.24) is 29.2 Å². The fourth-order valence-corrected chi connectivity index (χ4v) is 5.80. The topological polar surface area (TPSA) is 108 Å². The van der Waals surface area contributed by atoms with Crippen LogP contribution in [-0.2, 0) is 7.05 Å². The Bertz CT molecular complexity index is 1570. The molecule has 1 aromatic carbocycles. The maximum absolute atomic E-state index is 13.6. The summed E-state index contributed by atoms with van der Waals surface area (Å²) in [6.07, 6.45) is 6.53. The highest BCUT2D eigenvalue weighted by Gasteiger charge is 2.25. The first-order valence-electron chi connectivity index (χ1n) is 13.8. The monoisotopic (exact) mass is 528 g/mol. The molecular weight excluding hydrogens is 492 g/mol. The summed E-state index contributed by atoms with van der Waals surface area (Å²) in [7, 11) is 4.02. The second kappa shape index (κ2) is 10.4. The zero-order chi connectivity index (χ0) is 27.1. The number of hydrogen-bond acceptors (Lipinski definition) is 6. The van der Waals surface area contributed by atoms with Crippen LogP contribution in [0.3, 0.4) is 0 Å². The number of likely N-dealkylation sites (N-methyl/N-ethyl adjacent to an activating group) is 1. The molecule has 3 aromatic heterocycles. The van der Waals surface area contributed by atoms with Gasteiger partial charge >= 0.3 is 0 Å². The second-order valence-corrected chi connectivity index (χ2v) is 11.0. The molecule has 0 bridgehead atoms. The number of carbonyl (C=O) groups excluding carboxylic acids is 1. The van der Waals surface area contributed by atoms with E-state index in [1.165, 1.54) is 5.69 Å². The Morgan fingerprint density at radius 3 is 2.54 bits per heavy atom. The van der Waals surface area contributed by atoms with E-state index in [-0.39, 0.29) is 18.1 Å². The second-order valence-electron chi connectivity index (χ2n) is 11.0. The van der Waals surface area contributed by atoms with Crippen molar-refractivity contribution >= 4 is 22.6 Å². The van der Waals surface area contributed by atoms with Crippen LogP contribution in [-0.4, -0.2) is 79.6 Å². The highest BCUT2D eigenvalue weighted by Crippen LogP contribution is 2.31. The molecule has 0 spiro atoms. The van der Waals surface area contributed by atoms with Gasteiger partial charge in [-0.3, -0.25) is 14.5 Å². The molecule has 2 aliphatic rings. The van der Waals surface area contributed by atoms with Crippen molar-refractivity contribution in [3.63, 3.8) is 0 Å². The van der Waals surface area contributed by atoms with Crippen LogP contribution in [0.2, 0.25) is 0 Å². The average molecular weight is 529 g/mol. The van der Waals surface area contributed by atoms with E-state index in [1.54, 1.807) is 23.0 Å². The van der Waals surface area contributed by atoms with Gasteiger partial charge in [-0.2, -0.15) is 10.1 Å². The summed E-state index contributed by atoms with van der Waals surface area (Å²) in [5, 5.41) is 14.4. The van der Waals surface area contributed by atoms with Crippen molar-refractivity contribution in [3.05, 3.63) is 59.6 Å². The van der Waals surface area contributed by atoms with Crippen LogP contribution in [0.25, 0.3) is 22.3 Å². The average Bonchev–Trinajstić information content (AvgIpc) is 3.52. The zero-order valence-corrected chi connectivity index (χ0v) is 22.8. The fourth-order valence-electron chi connectivity index (χ4n) is 5.80. The van der Waals surface area contributed by atoms with Crippen molar-refractivity contribution < 1.29 is 9.90 Å². The molecule has 4 heterocycles. The highest BCUT2D eigenvalue weighted by molar-refractivity contribution is 5.96. The van der Waals surface area contributed by atoms with Gasteiger partial charge in [0.25, 0.3) is 5.91 Å². The van der Waals surface area contributed by atoms with Gasteiger partial charge in [0.05, 0.1) is 29.0 Å². The minimum Gasteiger partial charge on any atom is -0.393 e. The van der Waals surface area contributed by atoms with E-state index in [0.717, 1.165) is 74.2 Å². The van der Waals surface area contributed by atoms with Gasteiger partial charge in [0.1, 0.15) is 0 Å². The molecule has 6 rings (SSSR count). The van der Waals surface area contributed by atoms with E-state index in [0.29, 0.717) is 16.9 Å². The lowest BCUT2D eigenvalue weighted by atomic mass is 9.93. The number of piperazine rings is 1. The molecule has 1 saturated carbocycles. The quantitative estimate of drug-likeness (QED) is 0.422. The van der Waals surface area contributed by atoms with Gasteiger partial charge in [0, 0.05) is 68.0 Å². The Kier molecular flexibility index (Phi) is 6.82. The number of rotatable bonds is 4. The van der Waals surface area contributed by atoms with E-state index in [1.807, 2.05) is 20.2 Å². The number of pyridine rings is 1.